The summed E-state index contributed by atoms with van der Waals surface area (Å²) in [5, 5.41) is 8.37. The average molecular weight is 543 g/mol. The quantitative estimate of drug-likeness (QED) is 0.138. The Morgan fingerprint density at radius 2 is 1.70 bits per heavy atom. The zero-order valence-electron chi connectivity index (χ0n) is 18.2. The van der Waals surface area contributed by atoms with Crippen LogP contribution in [0.5, 0.6) is 0 Å². The fourth-order valence-corrected chi connectivity index (χ4v) is 2.89. The third-order valence-corrected chi connectivity index (χ3v) is 4.25. The number of guanidine groups is 1. The van der Waals surface area contributed by atoms with Gasteiger partial charge in [-0.2, -0.15) is 0 Å². The number of nitrogens with zero attached hydrogens (tertiary/aromatic N) is 2. The molecule has 0 aliphatic carbocycles. The van der Waals surface area contributed by atoms with Gasteiger partial charge < -0.3 is 16.0 Å². The zero-order chi connectivity index (χ0) is 22.0. The third-order valence-electron chi connectivity index (χ3n) is 4.25. The fourth-order valence-electron chi connectivity index (χ4n) is 2.89. The normalized spacial score (nSPS) is 11.6. The van der Waals surface area contributed by atoms with Crippen LogP contribution < -0.4 is 16.0 Å². The zero-order valence-corrected chi connectivity index (χ0v) is 20.5. The third kappa shape index (κ3) is 9.50. The predicted molar refractivity (Wildman–Crippen MR) is 126 cm³/mol. The van der Waals surface area contributed by atoms with E-state index in [2.05, 4.69) is 53.5 Å². The Morgan fingerprint density at radius 1 is 1.07 bits per heavy atom. The van der Waals surface area contributed by atoms with Gasteiger partial charge in [0.05, 0.1) is 5.69 Å². The molecule has 0 spiro atoms. The van der Waals surface area contributed by atoms with E-state index in [1.54, 1.807) is 0 Å². The smallest absolute Gasteiger partial charge is 0.246 e. The molecule has 1 aromatic rings. The Kier molecular flexibility index (Phi) is 13.7. The molecule has 0 atom stereocenters. The molecule has 0 heterocycles. The number of carbonyl (C=O) groups excluding carboxylic acids is 1. The van der Waals surface area contributed by atoms with Gasteiger partial charge >= 0.3 is 0 Å². The molecule has 0 unspecified atom stereocenters. The highest BCUT2D eigenvalue weighted by atomic mass is 127. The summed E-state index contributed by atoms with van der Waals surface area (Å²) in [4.78, 5) is 18.5. The Bertz CT molecular complexity index is 693. The highest BCUT2D eigenvalue weighted by Gasteiger charge is 2.15. The van der Waals surface area contributed by atoms with Crippen LogP contribution >= 0.6 is 24.0 Å². The molecule has 30 heavy (non-hydrogen) atoms. The number of aliphatic imine (C=N–C) groups is 1. The highest BCUT2D eigenvalue weighted by molar-refractivity contribution is 14.0. The summed E-state index contributed by atoms with van der Waals surface area (Å²) in [6, 6.07) is 2.63. The number of amides is 1. The van der Waals surface area contributed by atoms with Crippen molar-refractivity contribution in [3.05, 3.63) is 29.6 Å². The maximum absolute atomic E-state index is 13.6. The summed E-state index contributed by atoms with van der Waals surface area (Å²) in [6.07, 6.45) is 0.896. The van der Waals surface area contributed by atoms with Gasteiger partial charge in [-0.3, -0.25) is 9.69 Å². The van der Waals surface area contributed by atoms with E-state index in [4.69, 9.17) is 0 Å². The van der Waals surface area contributed by atoms with E-state index >= 15 is 0 Å². The van der Waals surface area contributed by atoms with Gasteiger partial charge in [-0.25, -0.2) is 18.2 Å². The first kappa shape index (κ1) is 28.4. The molecule has 0 bridgehead atoms. The van der Waals surface area contributed by atoms with Crippen molar-refractivity contribution >= 4 is 41.5 Å². The minimum Gasteiger partial charge on any atom is -0.357 e. The van der Waals surface area contributed by atoms with Crippen LogP contribution in [0.15, 0.2) is 17.1 Å². The lowest BCUT2D eigenvalue weighted by Crippen LogP contribution is -2.41. The van der Waals surface area contributed by atoms with Gasteiger partial charge in [-0.15, -0.1) is 24.0 Å². The number of carbonyl (C=O) groups is 1. The van der Waals surface area contributed by atoms with Gasteiger partial charge in [0.1, 0.15) is 6.54 Å². The van der Waals surface area contributed by atoms with E-state index in [0.717, 1.165) is 25.1 Å². The molecular formula is C20H33F3IN5O. The van der Waals surface area contributed by atoms with Crippen LogP contribution in [0.3, 0.4) is 0 Å². The number of hydrogen-bond donors (Lipinski definition) is 3. The van der Waals surface area contributed by atoms with Crippen molar-refractivity contribution in [2.24, 2.45) is 4.99 Å². The SMILES string of the molecule is CCNC(=NCC(=O)Nc1ccc(F)c(F)c1F)NCCCN(C(C)C)C(C)C.I. The maximum Gasteiger partial charge on any atom is 0.246 e. The van der Waals surface area contributed by atoms with E-state index in [1.807, 2.05) is 6.92 Å². The Morgan fingerprint density at radius 3 is 2.27 bits per heavy atom. The van der Waals surface area contributed by atoms with Crippen LogP contribution in [0.25, 0.3) is 0 Å². The van der Waals surface area contributed by atoms with Crippen molar-refractivity contribution in [2.75, 3.05) is 31.5 Å². The van der Waals surface area contributed by atoms with Crippen LogP contribution in [0.1, 0.15) is 41.0 Å². The van der Waals surface area contributed by atoms with Crippen molar-refractivity contribution in [2.45, 2.75) is 53.1 Å². The summed E-state index contributed by atoms with van der Waals surface area (Å²) in [5.41, 5.74) is -0.426. The minimum absolute atomic E-state index is 0. The fraction of sp³-hybridized carbons (Fsp3) is 0.600. The van der Waals surface area contributed by atoms with Crippen LogP contribution in [-0.4, -0.2) is 55.0 Å². The second-order valence-electron chi connectivity index (χ2n) is 7.17. The van der Waals surface area contributed by atoms with Crippen molar-refractivity contribution in [1.29, 1.82) is 0 Å². The summed E-state index contributed by atoms with van der Waals surface area (Å²) in [5.74, 6) is -4.57. The van der Waals surface area contributed by atoms with E-state index in [9.17, 15) is 18.0 Å². The molecule has 0 aliphatic rings. The van der Waals surface area contributed by atoms with Gasteiger partial charge in [0, 0.05) is 31.7 Å². The molecule has 172 valence electrons. The van der Waals surface area contributed by atoms with Crippen LogP contribution in [-0.2, 0) is 4.79 Å². The first-order valence-electron chi connectivity index (χ1n) is 9.88. The lowest BCUT2D eigenvalue weighted by atomic mass is 10.2. The van der Waals surface area contributed by atoms with Crippen LogP contribution in [0, 0.1) is 17.5 Å². The number of halogens is 4. The lowest BCUT2D eigenvalue weighted by Gasteiger charge is -2.30. The lowest BCUT2D eigenvalue weighted by molar-refractivity contribution is -0.114. The molecule has 10 heteroatoms. The second-order valence-corrected chi connectivity index (χ2v) is 7.17. The molecule has 0 saturated heterocycles. The Balaban J connectivity index is 0.00000841. The van der Waals surface area contributed by atoms with Crippen LogP contribution in [0.4, 0.5) is 18.9 Å². The molecule has 0 aliphatic heterocycles. The molecule has 1 amide bonds. The van der Waals surface area contributed by atoms with Crippen molar-refractivity contribution in [3.8, 4) is 0 Å². The minimum atomic E-state index is -1.63. The number of rotatable bonds is 10. The number of nitrogens with one attached hydrogen (secondary N) is 3. The topological polar surface area (TPSA) is 68.8 Å². The van der Waals surface area contributed by atoms with Crippen molar-refractivity contribution in [1.82, 2.24) is 15.5 Å². The molecule has 0 fully saturated rings. The molecule has 3 N–H and O–H groups in total. The van der Waals surface area contributed by atoms with Gasteiger partial charge in [0.25, 0.3) is 0 Å². The molecule has 0 radical (unpaired) electrons. The monoisotopic (exact) mass is 543 g/mol. The molecule has 0 aromatic heterocycles. The predicted octanol–water partition coefficient (Wildman–Crippen LogP) is 3.72. The van der Waals surface area contributed by atoms with Crippen molar-refractivity contribution in [3.63, 3.8) is 0 Å². The molecular weight excluding hydrogens is 510 g/mol. The molecule has 1 aromatic carbocycles. The summed E-state index contributed by atoms with van der Waals surface area (Å²) in [6.45, 7) is 12.4. The number of benzene rings is 1. The van der Waals surface area contributed by atoms with E-state index < -0.39 is 29.0 Å². The first-order valence-corrected chi connectivity index (χ1v) is 9.88. The molecule has 1 rings (SSSR count). The molecule has 0 saturated carbocycles. The first-order chi connectivity index (χ1) is 13.7. The second kappa shape index (κ2) is 14.4. The maximum atomic E-state index is 13.6. The van der Waals surface area contributed by atoms with E-state index in [0.29, 0.717) is 31.1 Å². The highest BCUT2D eigenvalue weighted by Crippen LogP contribution is 2.19. The Labute approximate surface area is 194 Å². The molecule has 6 nitrogen and oxygen atoms in total. The van der Waals surface area contributed by atoms with Gasteiger partial charge in [0.15, 0.2) is 23.4 Å². The number of anilines is 1. The summed E-state index contributed by atoms with van der Waals surface area (Å²) < 4.78 is 39.8. The van der Waals surface area contributed by atoms with Gasteiger partial charge in [-0.1, -0.05) is 0 Å². The largest absolute Gasteiger partial charge is 0.357 e. The van der Waals surface area contributed by atoms with Crippen molar-refractivity contribution < 1.29 is 18.0 Å². The van der Waals surface area contributed by atoms with E-state index in [-0.39, 0.29) is 30.5 Å². The summed E-state index contributed by atoms with van der Waals surface area (Å²) >= 11 is 0. The Hall–Kier alpha value is -1.56. The van der Waals surface area contributed by atoms with E-state index in [1.165, 1.54) is 0 Å². The standard InChI is InChI=1S/C20H32F3N5O.HI/c1-6-24-20(25-10-7-11-28(13(2)3)14(4)5)26-12-17(29)27-16-9-8-15(21)18(22)19(16)23;/h8-9,13-14H,6-7,10-12H2,1-5H3,(H,27,29)(H2,24,25,26);1H. The van der Waals surface area contributed by atoms with Gasteiger partial charge in [-0.05, 0) is 53.2 Å². The van der Waals surface area contributed by atoms with Gasteiger partial charge in [0.2, 0.25) is 5.91 Å². The van der Waals surface area contributed by atoms with Crippen LogP contribution in [0.2, 0.25) is 0 Å². The number of hydrogen-bond acceptors (Lipinski definition) is 3. The average Bonchev–Trinajstić information content (AvgIpc) is 2.65. The summed E-state index contributed by atoms with van der Waals surface area (Å²) in [7, 11) is 0.